The van der Waals surface area contributed by atoms with Gasteiger partial charge in [0.05, 0.1) is 11.2 Å². The quantitative estimate of drug-likeness (QED) is 0.827. The largest absolute Gasteiger partial charge is 0.277 e. The van der Waals surface area contributed by atoms with E-state index in [1.54, 1.807) is 6.34 Å². The first-order valence-corrected chi connectivity index (χ1v) is 7.39. The fraction of sp³-hybridized carbons (Fsp3) is 0.529. The number of rotatable bonds is 2. The monoisotopic (exact) mass is 286 g/mol. The van der Waals surface area contributed by atoms with E-state index >= 15 is 0 Å². The van der Waals surface area contributed by atoms with Crippen molar-refractivity contribution in [2.75, 3.05) is 11.7 Å². The number of anilines is 1. The molecule has 0 fully saturated rings. The van der Waals surface area contributed by atoms with Crippen molar-refractivity contribution in [3.05, 3.63) is 29.8 Å². The molecule has 21 heavy (non-hydrogen) atoms. The Morgan fingerprint density at radius 2 is 1.71 bits per heavy atom. The molecular weight excluding hydrogens is 260 g/mol. The molecule has 0 unspecified atom stereocenters. The van der Waals surface area contributed by atoms with Crippen molar-refractivity contribution in [3.63, 3.8) is 0 Å². The Hall–Kier alpha value is -1.84. The molecule has 1 aromatic rings. The number of hydrogen-bond donors (Lipinski definition) is 0. The first-order chi connectivity index (χ1) is 9.71. The second-order valence-corrected chi connectivity index (χ2v) is 7.39. The molecule has 2 rings (SSSR count). The molecule has 1 aliphatic heterocycles. The molecule has 0 aromatic heterocycles. The van der Waals surface area contributed by atoms with Crippen LogP contribution < -0.4 is 5.01 Å². The van der Waals surface area contributed by atoms with E-state index in [2.05, 4.69) is 85.8 Å². The standard InChI is InChI=1S/C17H26N4/c1-16(2,3)14-9-7-8-10-15(14)21(17(4,5)6)20-12-18-11-19-13-20/h7-12H,13H2,1-6H3. The van der Waals surface area contributed by atoms with Gasteiger partial charge in [-0.05, 0) is 37.8 Å². The van der Waals surface area contributed by atoms with Gasteiger partial charge in [0.1, 0.15) is 19.3 Å². The van der Waals surface area contributed by atoms with Crippen LogP contribution in [0.1, 0.15) is 47.1 Å². The van der Waals surface area contributed by atoms with E-state index in [4.69, 9.17) is 0 Å². The van der Waals surface area contributed by atoms with E-state index < -0.39 is 0 Å². The van der Waals surface area contributed by atoms with Crippen LogP contribution in [0.25, 0.3) is 0 Å². The van der Waals surface area contributed by atoms with E-state index in [1.165, 1.54) is 11.3 Å². The molecule has 0 saturated carbocycles. The minimum atomic E-state index is -0.0692. The lowest BCUT2D eigenvalue weighted by Gasteiger charge is -2.46. The molecule has 0 bridgehead atoms. The van der Waals surface area contributed by atoms with Crippen LogP contribution in [0.5, 0.6) is 0 Å². The van der Waals surface area contributed by atoms with Crippen LogP contribution in [0, 0.1) is 0 Å². The molecule has 4 heteroatoms. The molecule has 0 spiro atoms. The third kappa shape index (κ3) is 3.43. The summed E-state index contributed by atoms with van der Waals surface area (Å²) in [5, 5.41) is 4.36. The van der Waals surface area contributed by atoms with Crippen LogP contribution in [0.4, 0.5) is 5.69 Å². The summed E-state index contributed by atoms with van der Waals surface area (Å²) >= 11 is 0. The normalized spacial score (nSPS) is 15.4. The Labute approximate surface area is 128 Å². The fourth-order valence-corrected chi connectivity index (χ4v) is 2.60. The zero-order valence-corrected chi connectivity index (χ0v) is 14.0. The number of nitrogens with zero attached hydrogens (tertiary/aromatic N) is 4. The van der Waals surface area contributed by atoms with Gasteiger partial charge in [-0.25, -0.2) is 4.99 Å². The number of hydrogen-bond acceptors (Lipinski definition) is 4. The average Bonchev–Trinajstić information content (AvgIpc) is 2.38. The Morgan fingerprint density at radius 3 is 2.24 bits per heavy atom. The zero-order valence-electron chi connectivity index (χ0n) is 14.0. The Kier molecular flexibility index (Phi) is 4.08. The summed E-state index contributed by atoms with van der Waals surface area (Å²) in [5.74, 6) is 0. The summed E-state index contributed by atoms with van der Waals surface area (Å²) in [7, 11) is 0. The van der Waals surface area contributed by atoms with Gasteiger partial charge in [-0.2, -0.15) is 0 Å². The molecule has 0 saturated heterocycles. The number of hydrazine groups is 1. The molecule has 0 aliphatic carbocycles. The van der Waals surface area contributed by atoms with Crippen molar-refractivity contribution in [3.8, 4) is 0 Å². The second kappa shape index (κ2) is 5.51. The SMILES string of the molecule is CC(C)(C)c1ccccc1N(N1C=NC=NC1)C(C)(C)C. The van der Waals surface area contributed by atoms with E-state index in [0.29, 0.717) is 6.67 Å². The van der Waals surface area contributed by atoms with Crippen molar-refractivity contribution < 1.29 is 0 Å². The Balaban J connectivity index is 2.53. The molecule has 1 aliphatic rings. The van der Waals surface area contributed by atoms with Gasteiger partial charge in [-0.15, -0.1) is 0 Å². The van der Waals surface area contributed by atoms with Gasteiger partial charge in [0.25, 0.3) is 0 Å². The first-order valence-electron chi connectivity index (χ1n) is 7.39. The third-order valence-corrected chi connectivity index (χ3v) is 3.41. The maximum atomic E-state index is 4.27. The van der Waals surface area contributed by atoms with Crippen molar-refractivity contribution in [2.45, 2.75) is 52.5 Å². The lowest BCUT2D eigenvalue weighted by atomic mass is 9.85. The van der Waals surface area contributed by atoms with Crippen LogP contribution in [0.15, 0.2) is 34.3 Å². The Morgan fingerprint density at radius 1 is 1.05 bits per heavy atom. The lowest BCUT2D eigenvalue weighted by Crippen LogP contribution is -2.54. The fourth-order valence-electron chi connectivity index (χ4n) is 2.60. The maximum absolute atomic E-state index is 4.27. The minimum Gasteiger partial charge on any atom is -0.277 e. The number of aliphatic imine (C=N–C) groups is 2. The van der Waals surface area contributed by atoms with E-state index in [9.17, 15) is 0 Å². The predicted molar refractivity (Wildman–Crippen MR) is 91.1 cm³/mol. The van der Waals surface area contributed by atoms with E-state index in [-0.39, 0.29) is 11.0 Å². The van der Waals surface area contributed by atoms with Crippen molar-refractivity contribution in [2.24, 2.45) is 9.98 Å². The van der Waals surface area contributed by atoms with Crippen LogP contribution in [0.2, 0.25) is 0 Å². The van der Waals surface area contributed by atoms with Crippen LogP contribution in [0.3, 0.4) is 0 Å². The highest BCUT2D eigenvalue weighted by molar-refractivity contribution is 5.75. The summed E-state index contributed by atoms with van der Waals surface area (Å²) in [4.78, 5) is 8.45. The number of para-hydroxylation sites is 1. The second-order valence-electron chi connectivity index (χ2n) is 7.39. The Bertz CT molecular complexity index is 547. The summed E-state index contributed by atoms with van der Waals surface area (Å²) < 4.78 is 0. The zero-order chi connectivity index (χ0) is 15.7. The van der Waals surface area contributed by atoms with Crippen molar-refractivity contribution in [1.29, 1.82) is 0 Å². The first kappa shape index (κ1) is 15.5. The lowest BCUT2D eigenvalue weighted by molar-refractivity contribution is 0.304. The van der Waals surface area contributed by atoms with Gasteiger partial charge in [0.2, 0.25) is 0 Å². The van der Waals surface area contributed by atoms with Crippen LogP contribution >= 0.6 is 0 Å². The van der Waals surface area contributed by atoms with E-state index in [0.717, 1.165) is 0 Å². The van der Waals surface area contributed by atoms with Gasteiger partial charge in [0.15, 0.2) is 0 Å². The highest BCUT2D eigenvalue weighted by Gasteiger charge is 2.31. The third-order valence-electron chi connectivity index (χ3n) is 3.41. The smallest absolute Gasteiger partial charge is 0.132 e. The summed E-state index contributed by atoms with van der Waals surface area (Å²) in [5.41, 5.74) is 2.54. The molecule has 4 nitrogen and oxygen atoms in total. The molecule has 0 radical (unpaired) electrons. The highest BCUT2D eigenvalue weighted by Crippen LogP contribution is 2.35. The molecule has 114 valence electrons. The van der Waals surface area contributed by atoms with Crippen LogP contribution in [-0.4, -0.2) is 29.9 Å². The van der Waals surface area contributed by atoms with Gasteiger partial charge in [-0.1, -0.05) is 39.0 Å². The van der Waals surface area contributed by atoms with E-state index in [1.807, 2.05) is 6.34 Å². The summed E-state index contributed by atoms with van der Waals surface area (Å²) in [6.45, 7) is 14.0. The van der Waals surface area contributed by atoms with Gasteiger partial charge < -0.3 is 0 Å². The minimum absolute atomic E-state index is 0.0692. The molecular formula is C17H26N4. The molecule has 1 aromatic carbocycles. The molecule has 0 atom stereocenters. The molecule has 0 N–H and O–H groups in total. The topological polar surface area (TPSA) is 31.2 Å². The molecule has 0 amide bonds. The van der Waals surface area contributed by atoms with Crippen molar-refractivity contribution in [1.82, 2.24) is 5.01 Å². The van der Waals surface area contributed by atoms with Gasteiger partial charge >= 0.3 is 0 Å². The summed E-state index contributed by atoms with van der Waals surface area (Å²) in [6, 6.07) is 8.58. The summed E-state index contributed by atoms with van der Waals surface area (Å²) in [6.07, 6.45) is 3.45. The van der Waals surface area contributed by atoms with Gasteiger partial charge in [-0.3, -0.25) is 15.0 Å². The molecule has 1 heterocycles. The number of benzene rings is 1. The average molecular weight is 286 g/mol. The highest BCUT2D eigenvalue weighted by atomic mass is 15.7. The maximum Gasteiger partial charge on any atom is 0.132 e. The van der Waals surface area contributed by atoms with Crippen LogP contribution in [-0.2, 0) is 5.41 Å². The predicted octanol–water partition coefficient (Wildman–Crippen LogP) is 3.83. The van der Waals surface area contributed by atoms with Gasteiger partial charge in [0, 0.05) is 0 Å². The van der Waals surface area contributed by atoms with Crippen molar-refractivity contribution >= 4 is 18.4 Å².